The topological polar surface area (TPSA) is 36.1 Å². The number of carbonyl (C=O) groups excluding carboxylic acids is 1. The summed E-state index contributed by atoms with van der Waals surface area (Å²) < 4.78 is 0. The van der Waals surface area contributed by atoms with Gasteiger partial charge in [-0.1, -0.05) is 12.1 Å². The molecule has 0 saturated carbocycles. The first-order valence-electron chi connectivity index (χ1n) is 7.51. The number of hydrogen-bond acceptors (Lipinski definition) is 2. The van der Waals surface area contributed by atoms with Crippen LogP contribution in [-0.2, 0) is 11.2 Å². The molecule has 0 spiro atoms. The van der Waals surface area contributed by atoms with Crippen LogP contribution in [0.5, 0.6) is 0 Å². The first kappa shape index (κ1) is 14.5. The Hall–Kier alpha value is -1.42. The Morgan fingerprint density at radius 1 is 1.19 bits per heavy atom. The van der Waals surface area contributed by atoms with Crippen molar-refractivity contribution in [1.29, 1.82) is 0 Å². The molecule has 2 aromatic rings. The molecule has 1 aromatic carbocycles. The van der Waals surface area contributed by atoms with Gasteiger partial charge >= 0.3 is 0 Å². The van der Waals surface area contributed by atoms with Crippen LogP contribution in [0.3, 0.4) is 0 Å². The van der Waals surface area contributed by atoms with Gasteiger partial charge in [0.1, 0.15) is 0 Å². The average molecular weight is 302 g/mol. The first-order valence-corrected chi connectivity index (χ1v) is 8.66. The molecule has 1 saturated heterocycles. The van der Waals surface area contributed by atoms with Crippen molar-refractivity contribution in [2.24, 2.45) is 0 Å². The molecule has 4 heteroatoms. The fourth-order valence-electron chi connectivity index (χ4n) is 3.11. The lowest BCUT2D eigenvalue weighted by atomic mass is 10.0. The second-order valence-corrected chi connectivity index (χ2v) is 7.07. The van der Waals surface area contributed by atoms with Crippen molar-refractivity contribution >= 4 is 28.6 Å². The van der Waals surface area contributed by atoms with E-state index in [9.17, 15) is 4.79 Å². The standard InChI is InChI=1S/C17H22N2OS/c1-11-4-5-12(2)17-16(11)14(13(3)18-17)10-15(20)19-6-8-21-9-7-19/h4-5,18H,6-10H2,1-3H3. The van der Waals surface area contributed by atoms with E-state index in [1.54, 1.807) is 0 Å². The van der Waals surface area contributed by atoms with Crippen molar-refractivity contribution in [2.75, 3.05) is 24.6 Å². The normalized spacial score (nSPS) is 15.7. The highest BCUT2D eigenvalue weighted by molar-refractivity contribution is 7.99. The Bertz CT molecular complexity index is 684. The van der Waals surface area contributed by atoms with E-state index in [1.807, 2.05) is 16.7 Å². The molecular formula is C17H22N2OS. The highest BCUT2D eigenvalue weighted by Gasteiger charge is 2.20. The Balaban J connectivity index is 1.95. The van der Waals surface area contributed by atoms with E-state index in [4.69, 9.17) is 0 Å². The maximum Gasteiger partial charge on any atom is 0.227 e. The molecule has 2 heterocycles. The zero-order valence-corrected chi connectivity index (χ0v) is 13.8. The van der Waals surface area contributed by atoms with Crippen LogP contribution in [0.4, 0.5) is 0 Å². The van der Waals surface area contributed by atoms with Gasteiger partial charge in [-0.15, -0.1) is 0 Å². The summed E-state index contributed by atoms with van der Waals surface area (Å²) in [5.41, 5.74) is 5.98. The number of hydrogen-bond donors (Lipinski definition) is 1. The average Bonchev–Trinajstić information content (AvgIpc) is 2.82. The number of aromatic amines is 1. The third-order valence-corrected chi connectivity index (χ3v) is 5.32. The van der Waals surface area contributed by atoms with E-state index in [0.29, 0.717) is 6.42 Å². The Morgan fingerprint density at radius 3 is 2.57 bits per heavy atom. The van der Waals surface area contributed by atoms with Crippen LogP contribution in [-0.4, -0.2) is 40.4 Å². The van der Waals surface area contributed by atoms with Crippen LogP contribution < -0.4 is 0 Å². The summed E-state index contributed by atoms with van der Waals surface area (Å²) in [6, 6.07) is 4.29. The van der Waals surface area contributed by atoms with Gasteiger partial charge in [0.2, 0.25) is 5.91 Å². The van der Waals surface area contributed by atoms with E-state index >= 15 is 0 Å². The maximum absolute atomic E-state index is 12.6. The minimum Gasteiger partial charge on any atom is -0.358 e. The number of aromatic nitrogens is 1. The molecule has 112 valence electrons. The number of amides is 1. The van der Waals surface area contributed by atoms with Crippen molar-refractivity contribution in [1.82, 2.24) is 9.88 Å². The molecule has 0 unspecified atom stereocenters. The minimum atomic E-state index is 0.264. The Morgan fingerprint density at radius 2 is 1.86 bits per heavy atom. The molecule has 1 N–H and O–H groups in total. The fourth-order valence-corrected chi connectivity index (χ4v) is 4.01. The molecule has 0 radical (unpaired) electrons. The van der Waals surface area contributed by atoms with E-state index in [1.165, 1.54) is 27.6 Å². The van der Waals surface area contributed by atoms with Crippen molar-refractivity contribution in [2.45, 2.75) is 27.2 Å². The van der Waals surface area contributed by atoms with Crippen LogP contribution in [0.1, 0.15) is 22.4 Å². The van der Waals surface area contributed by atoms with Gasteiger partial charge in [-0.2, -0.15) is 11.8 Å². The molecule has 1 aliphatic rings. The van der Waals surface area contributed by atoms with E-state index in [0.717, 1.165) is 30.3 Å². The predicted molar refractivity (Wildman–Crippen MR) is 90.1 cm³/mol. The molecule has 3 rings (SSSR count). The summed E-state index contributed by atoms with van der Waals surface area (Å²) in [5, 5.41) is 1.24. The molecule has 1 aromatic heterocycles. The minimum absolute atomic E-state index is 0.264. The van der Waals surface area contributed by atoms with Gasteiger partial charge in [0, 0.05) is 41.2 Å². The number of nitrogens with one attached hydrogen (secondary N) is 1. The largest absolute Gasteiger partial charge is 0.358 e. The van der Waals surface area contributed by atoms with E-state index in [-0.39, 0.29) is 5.91 Å². The molecule has 1 fully saturated rings. The van der Waals surface area contributed by atoms with Gasteiger partial charge in [-0.3, -0.25) is 4.79 Å². The summed E-state index contributed by atoms with van der Waals surface area (Å²) in [4.78, 5) is 18.0. The van der Waals surface area contributed by atoms with Crippen LogP contribution in [0.2, 0.25) is 0 Å². The lowest BCUT2D eigenvalue weighted by molar-refractivity contribution is -0.130. The highest BCUT2D eigenvalue weighted by atomic mass is 32.2. The van der Waals surface area contributed by atoms with Gasteiger partial charge in [-0.05, 0) is 37.5 Å². The molecule has 1 aliphatic heterocycles. The van der Waals surface area contributed by atoms with Crippen LogP contribution >= 0.6 is 11.8 Å². The lowest BCUT2D eigenvalue weighted by Gasteiger charge is -2.26. The number of nitrogens with zero attached hydrogens (tertiary/aromatic N) is 1. The van der Waals surface area contributed by atoms with Gasteiger partial charge in [0.05, 0.1) is 6.42 Å². The van der Waals surface area contributed by atoms with Crippen LogP contribution in [0, 0.1) is 20.8 Å². The molecule has 21 heavy (non-hydrogen) atoms. The van der Waals surface area contributed by atoms with Gasteiger partial charge in [0.25, 0.3) is 0 Å². The Labute approximate surface area is 130 Å². The van der Waals surface area contributed by atoms with Gasteiger partial charge in [0.15, 0.2) is 0 Å². The number of aryl methyl sites for hydroxylation is 3. The lowest BCUT2D eigenvalue weighted by Crippen LogP contribution is -2.38. The van der Waals surface area contributed by atoms with Crippen molar-refractivity contribution in [3.63, 3.8) is 0 Å². The summed E-state index contributed by atoms with van der Waals surface area (Å²) in [7, 11) is 0. The third-order valence-electron chi connectivity index (χ3n) is 4.38. The zero-order valence-electron chi connectivity index (χ0n) is 13.0. The third kappa shape index (κ3) is 2.69. The number of H-pyrrole nitrogens is 1. The first-order chi connectivity index (χ1) is 10.1. The SMILES string of the molecule is Cc1[nH]c2c(C)ccc(C)c2c1CC(=O)N1CCSCC1. The van der Waals surface area contributed by atoms with E-state index < -0.39 is 0 Å². The summed E-state index contributed by atoms with van der Waals surface area (Å²) in [6.07, 6.45) is 0.515. The van der Waals surface area contributed by atoms with Crippen LogP contribution in [0.15, 0.2) is 12.1 Å². The van der Waals surface area contributed by atoms with Crippen molar-refractivity contribution in [3.8, 4) is 0 Å². The number of benzene rings is 1. The summed E-state index contributed by atoms with van der Waals surface area (Å²) in [5.74, 6) is 2.40. The number of rotatable bonds is 2. The zero-order chi connectivity index (χ0) is 15.0. The van der Waals surface area contributed by atoms with Crippen molar-refractivity contribution in [3.05, 3.63) is 34.5 Å². The second kappa shape index (κ2) is 5.76. The maximum atomic E-state index is 12.6. The van der Waals surface area contributed by atoms with E-state index in [2.05, 4.69) is 37.9 Å². The molecule has 0 atom stereocenters. The Kier molecular flexibility index (Phi) is 3.98. The molecular weight excluding hydrogens is 280 g/mol. The predicted octanol–water partition coefficient (Wildman–Crippen LogP) is 3.21. The number of fused-ring (bicyclic) bond motifs is 1. The second-order valence-electron chi connectivity index (χ2n) is 5.85. The fraction of sp³-hybridized carbons (Fsp3) is 0.471. The summed E-state index contributed by atoms with van der Waals surface area (Å²) >= 11 is 1.93. The van der Waals surface area contributed by atoms with Gasteiger partial charge < -0.3 is 9.88 Å². The highest BCUT2D eigenvalue weighted by Crippen LogP contribution is 2.28. The molecule has 3 nitrogen and oxygen atoms in total. The van der Waals surface area contributed by atoms with Crippen LogP contribution in [0.25, 0.3) is 10.9 Å². The quantitative estimate of drug-likeness (QED) is 0.924. The smallest absolute Gasteiger partial charge is 0.227 e. The molecule has 0 bridgehead atoms. The van der Waals surface area contributed by atoms with Gasteiger partial charge in [-0.25, -0.2) is 0 Å². The summed E-state index contributed by atoms with van der Waals surface area (Å²) in [6.45, 7) is 8.10. The molecule has 0 aliphatic carbocycles. The monoisotopic (exact) mass is 302 g/mol. The molecule has 1 amide bonds. The number of thioether (sulfide) groups is 1. The van der Waals surface area contributed by atoms with Crippen molar-refractivity contribution < 1.29 is 4.79 Å². The number of carbonyl (C=O) groups is 1.